The zero-order valence-electron chi connectivity index (χ0n) is 18.1. The number of hydroxylamine groups is 2. The third-order valence-electron chi connectivity index (χ3n) is 6.32. The van der Waals surface area contributed by atoms with E-state index in [0.29, 0.717) is 23.6 Å². The van der Waals surface area contributed by atoms with Crippen LogP contribution in [0.4, 0.5) is 5.69 Å². The van der Waals surface area contributed by atoms with Crippen LogP contribution in [0.25, 0.3) is 0 Å². The fourth-order valence-corrected chi connectivity index (χ4v) is 4.69. The van der Waals surface area contributed by atoms with Crippen LogP contribution in [-0.4, -0.2) is 16.5 Å². The first-order valence-corrected chi connectivity index (χ1v) is 11.1. The lowest BCUT2D eigenvalue weighted by molar-refractivity contribution is -0.385. The van der Waals surface area contributed by atoms with Gasteiger partial charge in [0.05, 0.1) is 22.8 Å². The summed E-state index contributed by atoms with van der Waals surface area (Å²) in [7, 11) is 0. The van der Waals surface area contributed by atoms with Gasteiger partial charge in [0.25, 0.3) is 5.69 Å². The zero-order chi connectivity index (χ0) is 23.1. The van der Waals surface area contributed by atoms with Crippen molar-refractivity contribution in [2.24, 2.45) is 0 Å². The van der Waals surface area contributed by atoms with E-state index in [1.165, 1.54) is 12.1 Å². The number of rotatable bonds is 3. The Balaban J connectivity index is 1.60. The maximum absolute atomic E-state index is 11.6. The van der Waals surface area contributed by atoms with Crippen LogP contribution >= 0.6 is 0 Å². The molecule has 34 heavy (non-hydrogen) atoms. The molecule has 0 aromatic heterocycles. The summed E-state index contributed by atoms with van der Waals surface area (Å²) < 4.78 is 19.9. The van der Waals surface area contributed by atoms with E-state index < -0.39 is 17.7 Å². The van der Waals surface area contributed by atoms with Crippen molar-refractivity contribution < 1.29 is 19.1 Å². The predicted octanol–water partition coefficient (Wildman–Crippen LogP) is 4.07. The van der Waals surface area contributed by atoms with E-state index in [1.807, 2.05) is 84.9 Å². The van der Waals surface area contributed by atoms with Crippen molar-refractivity contribution in [3.63, 3.8) is 0 Å². The SMILES string of the molecule is O=[N+]([O-])c1ccc2c(c1)C1Oc3ccccc3CN1O[B-](c1ccccc1)(c1ccccc1)O2. The van der Waals surface area contributed by atoms with Crippen LogP contribution in [0.5, 0.6) is 11.5 Å². The molecule has 6 rings (SSSR count). The topological polar surface area (TPSA) is 74.1 Å². The Labute approximate surface area is 196 Å². The summed E-state index contributed by atoms with van der Waals surface area (Å²) in [4.78, 5) is 11.2. The number of nitro groups is 1. The molecule has 0 spiro atoms. The van der Waals surface area contributed by atoms with Gasteiger partial charge in [0.2, 0.25) is 6.23 Å². The third kappa shape index (κ3) is 3.32. The first-order valence-electron chi connectivity index (χ1n) is 11.1. The van der Waals surface area contributed by atoms with Crippen LogP contribution in [0.2, 0.25) is 0 Å². The largest absolute Gasteiger partial charge is 0.684 e. The number of benzene rings is 4. The highest BCUT2D eigenvalue weighted by Gasteiger charge is 2.44. The van der Waals surface area contributed by atoms with E-state index in [0.717, 1.165) is 16.5 Å². The molecule has 0 amide bonds. The number of nitrogens with zero attached hydrogens (tertiary/aromatic N) is 2. The number of para-hydroxylation sites is 1. The van der Waals surface area contributed by atoms with Gasteiger partial charge in [0.15, 0.2) is 0 Å². The molecule has 4 aromatic carbocycles. The Morgan fingerprint density at radius 2 is 1.47 bits per heavy atom. The molecule has 4 aromatic rings. The predicted molar refractivity (Wildman–Crippen MR) is 128 cm³/mol. The normalized spacial score (nSPS) is 18.3. The van der Waals surface area contributed by atoms with Gasteiger partial charge in [0, 0.05) is 17.7 Å². The molecule has 1 atom stereocenters. The molecule has 2 aliphatic heterocycles. The van der Waals surface area contributed by atoms with E-state index in [4.69, 9.17) is 14.1 Å². The van der Waals surface area contributed by atoms with Crippen molar-refractivity contribution in [2.45, 2.75) is 12.8 Å². The quantitative estimate of drug-likeness (QED) is 0.266. The summed E-state index contributed by atoms with van der Waals surface area (Å²) in [5.74, 6) is 1.19. The Morgan fingerprint density at radius 3 is 2.15 bits per heavy atom. The van der Waals surface area contributed by atoms with Crippen molar-refractivity contribution in [2.75, 3.05) is 0 Å². The van der Waals surface area contributed by atoms with Crippen molar-refractivity contribution in [1.82, 2.24) is 5.06 Å². The lowest BCUT2D eigenvalue weighted by Crippen LogP contribution is -2.67. The number of hydrogen-bond acceptors (Lipinski definition) is 6. The Morgan fingerprint density at radius 1 is 0.824 bits per heavy atom. The van der Waals surface area contributed by atoms with Gasteiger partial charge >= 0.3 is 6.55 Å². The molecular formula is C26H20BN2O5-. The van der Waals surface area contributed by atoms with Crippen LogP contribution in [0, 0.1) is 10.1 Å². The minimum Gasteiger partial charge on any atom is -0.684 e. The molecule has 0 bridgehead atoms. The van der Waals surface area contributed by atoms with Gasteiger partial charge < -0.3 is 14.1 Å². The summed E-state index contributed by atoms with van der Waals surface area (Å²) in [5.41, 5.74) is 3.15. The molecule has 168 valence electrons. The van der Waals surface area contributed by atoms with Gasteiger partial charge in [-0.05, 0) is 12.1 Å². The second-order valence-corrected chi connectivity index (χ2v) is 8.39. The summed E-state index contributed by atoms with van der Waals surface area (Å²) in [6.45, 7) is -1.81. The first-order chi connectivity index (χ1) is 16.6. The van der Waals surface area contributed by atoms with E-state index in [1.54, 1.807) is 11.1 Å². The van der Waals surface area contributed by atoms with E-state index in [9.17, 15) is 10.1 Å². The molecule has 1 unspecified atom stereocenters. The molecule has 0 radical (unpaired) electrons. The van der Waals surface area contributed by atoms with E-state index >= 15 is 0 Å². The summed E-state index contributed by atoms with van der Waals surface area (Å²) in [5, 5.41) is 13.3. The molecule has 0 saturated carbocycles. The molecule has 0 aliphatic carbocycles. The molecule has 2 aliphatic rings. The van der Waals surface area contributed by atoms with Gasteiger partial charge in [-0.3, -0.25) is 10.1 Å². The van der Waals surface area contributed by atoms with Crippen LogP contribution in [-0.2, 0) is 11.3 Å². The monoisotopic (exact) mass is 451 g/mol. The van der Waals surface area contributed by atoms with Crippen LogP contribution in [0.15, 0.2) is 103 Å². The van der Waals surface area contributed by atoms with Crippen LogP contribution in [0.3, 0.4) is 0 Å². The molecule has 0 fully saturated rings. The molecule has 0 saturated heterocycles. The van der Waals surface area contributed by atoms with Crippen LogP contribution in [0.1, 0.15) is 17.4 Å². The molecule has 0 N–H and O–H groups in total. The number of ether oxygens (including phenoxy) is 1. The second-order valence-electron chi connectivity index (χ2n) is 8.39. The highest BCUT2D eigenvalue weighted by Crippen LogP contribution is 2.43. The average molecular weight is 451 g/mol. The average Bonchev–Trinajstić information content (AvgIpc) is 3.03. The summed E-state index contributed by atoms with van der Waals surface area (Å²) in [6, 6.07) is 31.8. The van der Waals surface area contributed by atoms with Gasteiger partial charge in [-0.2, -0.15) is 5.06 Å². The number of hydrogen-bond donors (Lipinski definition) is 0. The van der Waals surface area contributed by atoms with Gasteiger partial charge in [-0.1, -0.05) is 78.9 Å². The number of fused-ring (bicyclic) bond motifs is 4. The Hall–Kier alpha value is -4.14. The third-order valence-corrected chi connectivity index (χ3v) is 6.32. The Bertz CT molecular complexity index is 1330. The van der Waals surface area contributed by atoms with Crippen molar-refractivity contribution >= 4 is 23.2 Å². The molecule has 2 heterocycles. The Kier molecular flexibility index (Phi) is 4.83. The van der Waals surface area contributed by atoms with Gasteiger partial charge in [0.1, 0.15) is 5.75 Å². The number of nitro benzene ring substituents is 1. The van der Waals surface area contributed by atoms with Crippen LogP contribution < -0.4 is 20.3 Å². The van der Waals surface area contributed by atoms with Gasteiger partial charge in [-0.15, -0.1) is 10.9 Å². The smallest absolute Gasteiger partial charge is 0.368 e. The molecule has 7 nitrogen and oxygen atoms in total. The fourth-order valence-electron chi connectivity index (χ4n) is 4.69. The number of non-ortho nitro benzene ring substituents is 1. The fraction of sp³-hybridized carbons (Fsp3) is 0.0769. The van der Waals surface area contributed by atoms with Crippen molar-refractivity contribution in [3.05, 3.63) is 124 Å². The minimum absolute atomic E-state index is 0.0378. The standard InChI is InChI=1S/C26H20BN2O5/c30-29(31)22-15-16-25-23(17-22)26-28(18-19-9-7-8-14-24(19)32-26)34-27(33-25,20-10-3-1-4-11-20)21-12-5-2-6-13-21/h1-17,26H,18H2/q-1. The minimum atomic E-state index is -2.24. The van der Waals surface area contributed by atoms with E-state index in [-0.39, 0.29) is 5.69 Å². The zero-order valence-corrected chi connectivity index (χ0v) is 18.1. The second kappa shape index (κ2) is 8.02. The van der Waals surface area contributed by atoms with E-state index in [2.05, 4.69) is 0 Å². The maximum Gasteiger partial charge on any atom is 0.368 e. The van der Waals surface area contributed by atoms with Crippen molar-refractivity contribution in [3.8, 4) is 11.5 Å². The van der Waals surface area contributed by atoms with Gasteiger partial charge in [-0.25, -0.2) is 0 Å². The summed E-state index contributed by atoms with van der Waals surface area (Å²) in [6.07, 6.45) is -0.721. The summed E-state index contributed by atoms with van der Waals surface area (Å²) >= 11 is 0. The highest BCUT2D eigenvalue weighted by atomic mass is 16.8. The first kappa shape index (κ1) is 20.5. The molecular weight excluding hydrogens is 431 g/mol. The van der Waals surface area contributed by atoms with Crippen molar-refractivity contribution in [1.29, 1.82) is 0 Å². The maximum atomic E-state index is 11.6. The molecule has 8 heteroatoms. The highest BCUT2D eigenvalue weighted by molar-refractivity contribution is 6.93. The lowest BCUT2D eigenvalue weighted by atomic mass is 9.46. The lowest BCUT2D eigenvalue weighted by Gasteiger charge is -2.46.